The summed E-state index contributed by atoms with van der Waals surface area (Å²) in [5, 5.41) is 13.7. The van der Waals surface area contributed by atoms with Crippen LogP contribution in [0.3, 0.4) is 0 Å². The number of likely N-dealkylation sites (tertiary alicyclic amines) is 1. The highest BCUT2D eigenvalue weighted by atomic mass is 16.3. The van der Waals surface area contributed by atoms with Gasteiger partial charge in [0.15, 0.2) is 0 Å². The lowest BCUT2D eigenvalue weighted by molar-refractivity contribution is 0.0602. The first-order valence-corrected chi connectivity index (χ1v) is 7.02. The largest absolute Gasteiger partial charge is 0.391 e. The number of aliphatic hydroxyl groups is 1. The number of hydrogen-bond acceptors (Lipinski definition) is 4. The van der Waals surface area contributed by atoms with Crippen molar-refractivity contribution in [1.29, 1.82) is 0 Å². The predicted molar refractivity (Wildman–Crippen MR) is 70.1 cm³/mol. The summed E-state index contributed by atoms with van der Waals surface area (Å²) in [6.45, 7) is 11.9. The maximum absolute atomic E-state index is 10.3. The van der Waals surface area contributed by atoms with Crippen molar-refractivity contribution in [3.8, 4) is 0 Å². The summed E-state index contributed by atoms with van der Waals surface area (Å²) in [7, 11) is 0. The van der Waals surface area contributed by atoms with Gasteiger partial charge in [0.05, 0.1) is 6.10 Å². The molecule has 2 aliphatic rings. The standard InChI is InChI=1S/C13H27N3O/c1-11(2)16-6-3-12(9-16)13(17)10-15-7-4-14-5-8-15/h11-14,17H,3-10H2,1-2H3. The van der Waals surface area contributed by atoms with E-state index in [1.165, 1.54) is 0 Å². The molecule has 17 heavy (non-hydrogen) atoms. The quantitative estimate of drug-likeness (QED) is 0.726. The fourth-order valence-electron chi connectivity index (χ4n) is 2.91. The lowest BCUT2D eigenvalue weighted by Gasteiger charge is -2.31. The van der Waals surface area contributed by atoms with Gasteiger partial charge in [-0.2, -0.15) is 0 Å². The van der Waals surface area contributed by atoms with E-state index >= 15 is 0 Å². The minimum absolute atomic E-state index is 0.142. The number of rotatable bonds is 4. The zero-order valence-corrected chi connectivity index (χ0v) is 11.2. The second kappa shape index (κ2) is 6.14. The van der Waals surface area contributed by atoms with Gasteiger partial charge in [-0.15, -0.1) is 0 Å². The molecule has 0 bridgehead atoms. The first-order chi connectivity index (χ1) is 8.16. The van der Waals surface area contributed by atoms with Crippen LogP contribution in [0.2, 0.25) is 0 Å². The molecule has 2 rings (SSSR count). The van der Waals surface area contributed by atoms with E-state index in [1.54, 1.807) is 0 Å². The Balaban J connectivity index is 1.74. The molecule has 2 aliphatic heterocycles. The van der Waals surface area contributed by atoms with Crippen LogP contribution in [0.15, 0.2) is 0 Å². The second-order valence-corrected chi connectivity index (χ2v) is 5.76. The molecule has 4 heteroatoms. The molecule has 0 aromatic carbocycles. The molecule has 0 radical (unpaired) electrons. The molecular formula is C13H27N3O. The van der Waals surface area contributed by atoms with Crippen LogP contribution in [0, 0.1) is 5.92 Å². The van der Waals surface area contributed by atoms with Crippen LogP contribution in [0.4, 0.5) is 0 Å². The van der Waals surface area contributed by atoms with Crippen molar-refractivity contribution in [3.63, 3.8) is 0 Å². The third-order valence-corrected chi connectivity index (χ3v) is 4.19. The monoisotopic (exact) mass is 241 g/mol. The molecule has 2 fully saturated rings. The van der Waals surface area contributed by atoms with Crippen LogP contribution in [0.25, 0.3) is 0 Å². The van der Waals surface area contributed by atoms with Crippen LogP contribution in [-0.2, 0) is 0 Å². The Bertz CT molecular complexity index is 229. The van der Waals surface area contributed by atoms with Crippen molar-refractivity contribution in [2.45, 2.75) is 32.4 Å². The molecule has 0 amide bonds. The number of nitrogens with one attached hydrogen (secondary N) is 1. The van der Waals surface area contributed by atoms with Gasteiger partial charge in [0.2, 0.25) is 0 Å². The van der Waals surface area contributed by atoms with Crippen molar-refractivity contribution in [2.24, 2.45) is 5.92 Å². The van der Waals surface area contributed by atoms with Crippen LogP contribution < -0.4 is 5.32 Å². The van der Waals surface area contributed by atoms with Crippen LogP contribution in [-0.4, -0.2) is 72.9 Å². The summed E-state index contributed by atoms with van der Waals surface area (Å²) in [6, 6.07) is 0.617. The third kappa shape index (κ3) is 3.65. The number of nitrogens with zero attached hydrogens (tertiary/aromatic N) is 2. The van der Waals surface area contributed by atoms with E-state index < -0.39 is 0 Å². The van der Waals surface area contributed by atoms with Crippen molar-refractivity contribution >= 4 is 0 Å². The predicted octanol–water partition coefficient (Wildman–Crippen LogP) is -0.0172. The summed E-state index contributed by atoms with van der Waals surface area (Å²) < 4.78 is 0. The molecule has 0 spiro atoms. The normalized spacial score (nSPS) is 30.0. The number of aliphatic hydroxyl groups excluding tert-OH is 1. The van der Waals surface area contributed by atoms with Gasteiger partial charge in [-0.1, -0.05) is 0 Å². The lowest BCUT2D eigenvalue weighted by atomic mass is 10.0. The second-order valence-electron chi connectivity index (χ2n) is 5.76. The Kier molecular flexibility index (Phi) is 4.79. The molecule has 0 aromatic heterocycles. The highest BCUT2D eigenvalue weighted by Gasteiger charge is 2.30. The molecule has 100 valence electrons. The van der Waals surface area contributed by atoms with E-state index in [0.717, 1.165) is 52.2 Å². The maximum atomic E-state index is 10.3. The highest BCUT2D eigenvalue weighted by molar-refractivity contribution is 4.84. The molecule has 0 aromatic rings. The molecule has 2 N–H and O–H groups in total. The Morgan fingerprint density at radius 2 is 1.94 bits per heavy atom. The van der Waals surface area contributed by atoms with Gasteiger partial charge in [0.25, 0.3) is 0 Å². The van der Waals surface area contributed by atoms with E-state index in [1.807, 2.05) is 0 Å². The average molecular weight is 241 g/mol. The van der Waals surface area contributed by atoms with E-state index in [0.29, 0.717) is 12.0 Å². The molecular weight excluding hydrogens is 214 g/mol. The lowest BCUT2D eigenvalue weighted by Crippen LogP contribution is -2.47. The molecule has 0 saturated carbocycles. The van der Waals surface area contributed by atoms with Crippen LogP contribution >= 0.6 is 0 Å². The van der Waals surface area contributed by atoms with Gasteiger partial charge in [-0.25, -0.2) is 0 Å². The van der Waals surface area contributed by atoms with E-state index in [4.69, 9.17) is 0 Å². The minimum atomic E-state index is -0.142. The van der Waals surface area contributed by atoms with Gasteiger partial charge in [0.1, 0.15) is 0 Å². The van der Waals surface area contributed by atoms with Crippen molar-refractivity contribution < 1.29 is 5.11 Å². The smallest absolute Gasteiger partial charge is 0.0707 e. The third-order valence-electron chi connectivity index (χ3n) is 4.19. The summed E-state index contributed by atoms with van der Waals surface area (Å²) in [4.78, 5) is 4.87. The van der Waals surface area contributed by atoms with Crippen molar-refractivity contribution in [3.05, 3.63) is 0 Å². The van der Waals surface area contributed by atoms with Crippen molar-refractivity contribution in [2.75, 3.05) is 45.8 Å². The SMILES string of the molecule is CC(C)N1CCC(C(O)CN2CCNCC2)C1. The highest BCUT2D eigenvalue weighted by Crippen LogP contribution is 2.22. The van der Waals surface area contributed by atoms with Gasteiger partial charge in [-0.05, 0) is 26.8 Å². The topological polar surface area (TPSA) is 38.7 Å². The fourth-order valence-corrected chi connectivity index (χ4v) is 2.91. The number of piperazine rings is 1. The Morgan fingerprint density at radius 1 is 1.24 bits per heavy atom. The van der Waals surface area contributed by atoms with Gasteiger partial charge < -0.3 is 15.3 Å². The van der Waals surface area contributed by atoms with Gasteiger partial charge in [-0.3, -0.25) is 4.90 Å². The fraction of sp³-hybridized carbons (Fsp3) is 1.00. The van der Waals surface area contributed by atoms with Crippen LogP contribution in [0.1, 0.15) is 20.3 Å². The first-order valence-electron chi connectivity index (χ1n) is 7.02. The van der Waals surface area contributed by atoms with E-state index in [9.17, 15) is 5.11 Å². The summed E-state index contributed by atoms with van der Waals surface area (Å²) >= 11 is 0. The van der Waals surface area contributed by atoms with E-state index in [-0.39, 0.29) is 6.10 Å². The van der Waals surface area contributed by atoms with Gasteiger partial charge >= 0.3 is 0 Å². The molecule has 2 saturated heterocycles. The zero-order valence-electron chi connectivity index (χ0n) is 11.2. The average Bonchev–Trinajstić information content (AvgIpc) is 2.79. The zero-order chi connectivity index (χ0) is 12.3. The summed E-state index contributed by atoms with van der Waals surface area (Å²) in [5.74, 6) is 0.479. The number of β-amino-alcohol motifs (C(OH)–C–C–N with tert-alkyl or cyclic N) is 1. The first kappa shape index (κ1) is 13.3. The Hall–Kier alpha value is -0.160. The molecule has 2 atom stereocenters. The molecule has 4 nitrogen and oxygen atoms in total. The molecule has 0 aliphatic carbocycles. The van der Waals surface area contributed by atoms with E-state index in [2.05, 4.69) is 29.0 Å². The number of hydrogen-bond donors (Lipinski definition) is 2. The summed E-state index contributed by atoms with van der Waals surface area (Å²) in [5.41, 5.74) is 0. The molecule has 2 unspecified atom stereocenters. The van der Waals surface area contributed by atoms with Crippen LogP contribution in [0.5, 0.6) is 0 Å². The van der Waals surface area contributed by atoms with Crippen molar-refractivity contribution in [1.82, 2.24) is 15.1 Å². The Labute approximate surface area is 105 Å². The maximum Gasteiger partial charge on any atom is 0.0707 e. The molecule has 2 heterocycles. The van der Waals surface area contributed by atoms with Gasteiger partial charge in [0, 0.05) is 51.2 Å². The summed E-state index contributed by atoms with van der Waals surface area (Å²) in [6.07, 6.45) is 1.02. The minimum Gasteiger partial charge on any atom is -0.391 e. The Morgan fingerprint density at radius 3 is 2.53 bits per heavy atom.